The van der Waals surface area contributed by atoms with E-state index in [-0.39, 0.29) is 6.61 Å². The van der Waals surface area contributed by atoms with Crippen molar-refractivity contribution in [2.24, 2.45) is 0 Å². The first-order valence-electron chi connectivity index (χ1n) is 6.70. The highest BCUT2D eigenvalue weighted by Gasteiger charge is 2.19. The van der Waals surface area contributed by atoms with E-state index in [0.717, 1.165) is 32.0 Å². The average molecular weight is 270 g/mol. The van der Waals surface area contributed by atoms with Gasteiger partial charge in [0.2, 0.25) is 0 Å². The van der Waals surface area contributed by atoms with Crippen LogP contribution < -0.4 is 5.32 Å². The normalized spacial score (nSPS) is 19.3. The molecule has 1 aliphatic rings. The van der Waals surface area contributed by atoms with Gasteiger partial charge in [-0.3, -0.25) is 4.90 Å². The summed E-state index contributed by atoms with van der Waals surface area (Å²) in [6.07, 6.45) is 2.24. The second kappa shape index (κ2) is 6.93. The van der Waals surface area contributed by atoms with Crippen LogP contribution in [0.1, 0.15) is 18.4 Å². The van der Waals surface area contributed by atoms with Crippen molar-refractivity contribution in [1.29, 1.82) is 0 Å². The summed E-state index contributed by atoms with van der Waals surface area (Å²) in [7, 11) is 0. The van der Waals surface area contributed by atoms with E-state index in [9.17, 15) is 8.78 Å². The van der Waals surface area contributed by atoms with Crippen LogP contribution >= 0.6 is 0 Å². The van der Waals surface area contributed by atoms with Gasteiger partial charge in [-0.15, -0.1) is 0 Å². The Bertz CT molecular complexity index is 408. The fraction of sp³-hybridized carbons (Fsp3) is 0.571. The van der Waals surface area contributed by atoms with E-state index in [1.807, 2.05) is 4.90 Å². The number of aliphatic hydroxyl groups excluding tert-OH is 1. The van der Waals surface area contributed by atoms with E-state index in [4.69, 9.17) is 5.11 Å². The highest BCUT2D eigenvalue weighted by atomic mass is 19.2. The molecule has 2 rings (SSSR count). The standard InChI is InChI=1S/C14H20F2N2O/c15-13-5-1-3-11(14(13)16)9-18(7-8-19)10-12-4-2-6-17-12/h1,3,5,12,17,19H,2,4,6-10H2. The lowest BCUT2D eigenvalue weighted by Gasteiger charge is -2.25. The van der Waals surface area contributed by atoms with Gasteiger partial charge in [0.1, 0.15) is 0 Å². The smallest absolute Gasteiger partial charge is 0.163 e. The van der Waals surface area contributed by atoms with Crippen LogP contribution in [-0.2, 0) is 6.54 Å². The molecule has 1 aromatic carbocycles. The maximum absolute atomic E-state index is 13.6. The molecule has 19 heavy (non-hydrogen) atoms. The summed E-state index contributed by atoms with van der Waals surface area (Å²) in [5, 5.41) is 12.4. The van der Waals surface area contributed by atoms with Crippen molar-refractivity contribution in [3.05, 3.63) is 35.4 Å². The second-order valence-corrected chi connectivity index (χ2v) is 4.96. The molecule has 0 aromatic heterocycles. The van der Waals surface area contributed by atoms with Crippen molar-refractivity contribution in [2.45, 2.75) is 25.4 Å². The molecule has 0 aliphatic carbocycles. The molecule has 0 amide bonds. The molecule has 5 heteroatoms. The number of hydrogen-bond donors (Lipinski definition) is 2. The quantitative estimate of drug-likeness (QED) is 0.822. The Morgan fingerprint density at radius 1 is 1.37 bits per heavy atom. The van der Waals surface area contributed by atoms with Gasteiger partial charge in [0, 0.05) is 31.2 Å². The number of rotatable bonds is 6. The molecule has 3 nitrogen and oxygen atoms in total. The van der Waals surface area contributed by atoms with Gasteiger partial charge in [-0.2, -0.15) is 0 Å². The maximum atomic E-state index is 13.6. The van der Waals surface area contributed by atoms with Gasteiger partial charge in [0.05, 0.1) is 6.61 Å². The van der Waals surface area contributed by atoms with Crippen LogP contribution in [0, 0.1) is 11.6 Å². The molecule has 0 saturated carbocycles. The van der Waals surface area contributed by atoms with Crippen LogP contribution in [0.25, 0.3) is 0 Å². The third-order valence-corrected chi connectivity index (χ3v) is 3.48. The van der Waals surface area contributed by atoms with E-state index in [1.54, 1.807) is 6.07 Å². The number of hydrogen-bond acceptors (Lipinski definition) is 3. The Kier molecular flexibility index (Phi) is 5.24. The first-order valence-corrected chi connectivity index (χ1v) is 6.70. The van der Waals surface area contributed by atoms with E-state index in [2.05, 4.69) is 5.32 Å². The Balaban J connectivity index is 2.00. The predicted octanol–water partition coefficient (Wildman–Crippen LogP) is 1.51. The third-order valence-electron chi connectivity index (χ3n) is 3.48. The second-order valence-electron chi connectivity index (χ2n) is 4.96. The molecule has 1 aromatic rings. The zero-order valence-electron chi connectivity index (χ0n) is 10.9. The molecule has 106 valence electrons. The SMILES string of the molecule is OCCN(Cc1cccc(F)c1F)CC1CCCN1. The first-order chi connectivity index (χ1) is 9.20. The zero-order chi connectivity index (χ0) is 13.7. The molecule has 1 saturated heterocycles. The molecule has 2 N–H and O–H groups in total. The molecule has 0 bridgehead atoms. The summed E-state index contributed by atoms with van der Waals surface area (Å²) in [6.45, 7) is 2.56. The molecule has 1 fully saturated rings. The van der Waals surface area contributed by atoms with E-state index in [1.165, 1.54) is 6.07 Å². The van der Waals surface area contributed by atoms with Crippen molar-refractivity contribution < 1.29 is 13.9 Å². The fourth-order valence-electron chi connectivity index (χ4n) is 2.51. The van der Waals surface area contributed by atoms with Crippen molar-refractivity contribution in [1.82, 2.24) is 10.2 Å². The van der Waals surface area contributed by atoms with Gasteiger partial charge < -0.3 is 10.4 Å². The van der Waals surface area contributed by atoms with Crippen LogP contribution in [0.4, 0.5) is 8.78 Å². The summed E-state index contributed by atoms with van der Waals surface area (Å²) in [4.78, 5) is 1.96. The topological polar surface area (TPSA) is 35.5 Å². The van der Waals surface area contributed by atoms with Gasteiger partial charge in [-0.25, -0.2) is 8.78 Å². The largest absolute Gasteiger partial charge is 0.395 e. The molecule has 1 unspecified atom stereocenters. The van der Waals surface area contributed by atoms with Crippen LogP contribution in [0.3, 0.4) is 0 Å². The number of aliphatic hydroxyl groups is 1. The molecule has 1 heterocycles. The minimum Gasteiger partial charge on any atom is -0.395 e. The van der Waals surface area contributed by atoms with Crippen molar-refractivity contribution in [2.75, 3.05) is 26.2 Å². The van der Waals surface area contributed by atoms with E-state index in [0.29, 0.717) is 24.7 Å². The van der Waals surface area contributed by atoms with Crippen LogP contribution in [0.15, 0.2) is 18.2 Å². The number of nitrogens with zero attached hydrogens (tertiary/aromatic N) is 1. The predicted molar refractivity (Wildman–Crippen MR) is 69.7 cm³/mol. The minimum absolute atomic E-state index is 0.0175. The van der Waals surface area contributed by atoms with Gasteiger partial charge in [0.25, 0.3) is 0 Å². The van der Waals surface area contributed by atoms with Gasteiger partial charge in [-0.1, -0.05) is 12.1 Å². The average Bonchev–Trinajstić information content (AvgIpc) is 2.88. The highest BCUT2D eigenvalue weighted by molar-refractivity contribution is 5.18. The van der Waals surface area contributed by atoms with Crippen molar-refractivity contribution in [3.63, 3.8) is 0 Å². The number of benzene rings is 1. The first kappa shape index (κ1) is 14.4. The molecule has 0 radical (unpaired) electrons. The monoisotopic (exact) mass is 270 g/mol. The van der Waals surface area contributed by atoms with Crippen LogP contribution in [0.5, 0.6) is 0 Å². The summed E-state index contributed by atoms with van der Waals surface area (Å²) in [5.74, 6) is -1.61. The van der Waals surface area contributed by atoms with Gasteiger partial charge >= 0.3 is 0 Å². The minimum atomic E-state index is -0.819. The molecule has 1 atom stereocenters. The van der Waals surface area contributed by atoms with Gasteiger partial charge in [0.15, 0.2) is 11.6 Å². The summed E-state index contributed by atoms with van der Waals surface area (Å²) in [6, 6.07) is 4.60. The zero-order valence-corrected chi connectivity index (χ0v) is 10.9. The highest BCUT2D eigenvalue weighted by Crippen LogP contribution is 2.15. The molecule has 1 aliphatic heterocycles. The summed E-state index contributed by atoms with van der Waals surface area (Å²) < 4.78 is 26.8. The van der Waals surface area contributed by atoms with Crippen molar-refractivity contribution >= 4 is 0 Å². The molecular formula is C14H20F2N2O. The summed E-state index contributed by atoms with van der Waals surface area (Å²) >= 11 is 0. The van der Waals surface area contributed by atoms with E-state index < -0.39 is 11.6 Å². The molecule has 0 spiro atoms. The third kappa shape index (κ3) is 3.96. The van der Waals surface area contributed by atoms with Crippen LogP contribution in [-0.4, -0.2) is 42.3 Å². The maximum Gasteiger partial charge on any atom is 0.163 e. The summed E-state index contributed by atoms with van der Waals surface area (Å²) in [5.41, 5.74) is 0.339. The lowest BCUT2D eigenvalue weighted by Crippen LogP contribution is -2.38. The van der Waals surface area contributed by atoms with Crippen molar-refractivity contribution in [3.8, 4) is 0 Å². The number of halogens is 2. The Hall–Kier alpha value is -1.04. The Labute approximate surface area is 112 Å². The fourth-order valence-corrected chi connectivity index (χ4v) is 2.51. The number of nitrogens with one attached hydrogen (secondary N) is 1. The lowest BCUT2D eigenvalue weighted by atomic mass is 10.1. The molecular weight excluding hydrogens is 250 g/mol. The van der Waals surface area contributed by atoms with Crippen LogP contribution in [0.2, 0.25) is 0 Å². The van der Waals surface area contributed by atoms with E-state index >= 15 is 0 Å². The Morgan fingerprint density at radius 2 is 2.21 bits per heavy atom. The lowest BCUT2D eigenvalue weighted by molar-refractivity contribution is 0.177. The Morgan fingerprint density at radius 3 is 2.89 bits per heavy atom. The van der Waals surface area contributed by atoms with Gasteiger partial charge in [-0.05, 0) is 25.5 Å².